The van der Waals surface area contributed by atoms with Crippen molar-refractivity contribution in [3.63, 3.8) is 0 Å². The quantitative estimate of drug-likeness (QED) is 0.767. The summed E-state index contributed by atoms with van der Waals surface area (Å²) in [7, 11) is 0. The van der Waals surface area contributed by atoms with Gasteiger partial charge in [0, 0.05) is 6.04 Å². The second-order valence-electron chi connectivity index (χ2n) is 4.86. The predicted molar refractivity (Wildman–Crippen MR) is 78.2 cm³/mol. The normalized spacial score (nSPS) is 12.2. The third-order valence-electron chi connectivity index (χ3n) is 3.25. The SMILES string of the molecule is CCCNC(CC(=O)OCC)c1ccc(C)c(C)c1. The van der Waals surface area contributed by atoms with E-state index >= 15 is 0 Å². The van der Waals surface area contributed by atoms with E-state index in [2.05, 4.69) is 44.3 Å². The van der Waals surface area contributed by atoms with Crippen molar-refractivity contribution in [3.05, 3.63) is 34.9 Å². The number of ether oxygens (including phenoxy) is 1. The Balaban J connectivity index is 2.82. The van der Waals surface area contributed by atoms with E-state index in [0.29, 0.717) is 13.0 Å². The molecule has 0 bridgehead atoms. The van der Waals surface area contributed by atoms with Gasteiger partial charge in [-0.15, -0.1) is 0 Å². The van der Waals surface area contributed by atoms with Gasteiger partial charge < -0.3 is 10.1 Å². The Hall–Kier alpha value is -1.35. The summed E-state index contributed by atoms with van der Waals surface area (Å²) in [6.07, 6.45) is 1.43. The number of benzene rings is 1. The van der Waals surface area contributed by atoms with Crippen molar-refractivity contribution < 1.29 is 9.53 Å². The van der Waals surface area contributed by atoms with Crippen molar-refractivity contribution in [1.29, 1.82) is 0 Å². The number of aryl methyl sites for hydroxylation is 2. The van der Waals surface area contributed by atoms with Gasteiger partial charge in [0.15, 0.2) is 0 Å². The highest BCUT2D eigenvalue weighted by atomic mass is 16.5. The zero-order chi connectivity index (χ0) is 14.3. The van der Waals surface area contributed by atoms with Gasteiger partial charge in [-0.2, -0.15) is 0 Å². The molecule has 0 aliphatic heterocycles. The summed E-state index contributed by atoms with van der Waals surface area (Å²) in [5.41, 5.74) is 3.68. The standard InChI is InChI=1S/C16H25NO2/c1-5-9-17-15(11-16(18)19-6-2)14-8-7-12(3)13(4)10-14/h7-8,10,15,17H,5-6,9,11H2,1-4H3. The van der Waals surface area contributed by atoms with Crippen molar-refractivity contribution in [3.8, 4) is 0 Å². The minimum absolute atomic E-state index is 0.0401. The van der Waals surface area contributed by atoms with Gasteiger partial charge in [-0.3, -0.25) is 4.79 Å². The van der Waals surface area contributed by atoms with Crippen molar-refractivity contribution >= 4 is 5.97 Å². The van der Waals surface area contributed by atoms with E-state index in [-0.39, 0.29) is 12.0 Å². The lowest BCUT2D eigenvalue weighted by atomic mass is 9.99. The lowest BCUT2D eigenvalue weighted by Gasteiger charge is -2.19. The predicted octanol–water partition coefficient (Wildman–Crippen LogP) is 3.30. The minimum Gasteiger partial charge on any atom is -0.466 e. The fraction of sp³-hybridized carbons (Fsp3) is 0.562. The van der Waals surface area contributed by atoms with Crippen LogP contribution in [0.3, 0.4) is 0 Å². The number of carbonyl (C=O) groups excluding carboxylic acids is 1. The Bertz CT molecular complexity index is 415. The second kappa shape index (κ2) is 7.95. The van der Waals surface area contributed by atoms with Crippen molar-refractivity contribution in [1.82, 2.24) is 5.32 Å². The highest BCUT2D eigenvalue weighted by molar-refractivity contribution is 5.70. The Kier molecular flexibility index (Phi) is 6.57. The van der Waals surface area contributed by atoms with Crippen LogP contribution >= 0.6 is 0 Å². The molecule has 0 spiro atoms. The van der Waals surface area contributed by atoms with Crippen LogP contribution in [0.25, 0.3) is 0 Å². The molecule has 0 saturated heterocycles. The van der Waals surface area contributed by atoms with Crippen molar-refractivity contribution in [2.45, 2.75) is 46.6 Å². The average molecular weight is 263 g/mol. The monoisotopic (exact) mass is 263 g/mol. The molecule has 1 rings (SSSR count). The summed E-state index contributed by atoms with van der Waals surface area (Å²) in [5.74, 6) is -0.144. The highest BCUT2D eigenvalue weighted by Crippen LogP contribution is 2.20. The first kappa shape index (κ1) is 15.7. The van der Waals surface area contributed by atoms with Crippen LogP contribution in [0, 0.1) is 13.8 Å². The number of nitrogens with one attached hydrogen (secondary N) is 1. The van der Waals surface area contributed by atoms with Crippen LogP contribution in [0.1, 0.15) is 49.4 Å². The van der Waals surface area contributed by atoms with Gasteiger partial charge in [0.25, 0.3) is 0 Å². The summed E-state index contributed by atoms with van der Waals surface area (Å²) >= 11 is 0. The number of rotatable bonds is 7. The van der Waals surface area contributed by atoms with Crippen LogP contribution in [0.15, 0.2) is 18.2 Å². The second-order valence-corrected chi connectivity index (χ2v) is 4.86. The van der Waals surface area contributed by atoms with E-state index in [1.807, 2.05) is 6.92 Å². The third-order valence-corrected chi connectivity index (χ3v) is 3.25. The molecule has 1 atom stereocenters. The smallest absolute Gasteiger partial charge is 0.307 e. The van der Waals surface area contributed by atoms with E-state index in [9.17, 15) is 4.79 Å². The molecule has 0 fully saturated rings. The maximum atomic E-state index is 11.7. The molecule has 0 saturated carbocycles. The lowest BCUT2D eigenvalue weighted by molar-refractivity contribution is -0.143. The summed E-state index contributed by atoms with van der Waals surface area (Å²) in [6.45, 7) is 9.49. The maximum absolute atomic E-state index is 11.7. The first-order valence-electron chi connectivity index (χ1n) is 7.04. The molecule has 0 aromatic heterocycles. The minimum atomic E-state index is -0.144. The van der Waals surface area contributed by atoms with Crippen LogP contribution in [0.2, 0.25) is 0 Å². The van der Waals surface area contributed by atoms with Crippen LogP contribution < -0.4 is 5.32 Å². The van der Waals surface area contributed by atoms with Crippen molar-refractivity contribution in [2.24, 2.45) is 0 Å². The molecule has 0 aliphatic carbocycles. The lowest BCUT2D eigenvalue weighted by Crippen LogP contribution is -2.25. The Morgan fingerprint density at radius 2 is 2.00 bits per heavy atom. The van der Waals surface area contributed by atoms with E-state index in [1.165, 1.54) is 11.1 Å². The molecule has 1 N–H and O–H groups in total. The largest absolute Gasteiger partial charge is 0.466 e. The summed E-state index contributed by atoms with van der Waals surface area (Å²) in [5, 5.41) is 3.42. The first-order valence-corrected chi connectivity index (χ1v) is 7.04. The number of hydrogen-bond donors (Lipinski definition) is 1. The average Bonchev–Trinajstić information content (AvgIpc) is 2.38. The van der Waals surface area contributed by atoms with Gasteiger partial charge >= 0.3 is 5.97 Å². The van der Waals surface area contributed by atoms with E-state index in [4.69, 9.17) is 4.74 Å². The van der Waals surface area contributed by atoms with Gasteiger partial charge in [-0.05, 0) is 50.4 Å². The maximum Gasteiger partial charge on any atom is 0.307 e. The van der Waals surface area contributed by atoms with Crippen molar-refractivity contribution in [2.75, 3.05) is 13.2 Å². The summed E-state index contributed by atoms with van der Waals surface area (Å²) in [4.78, 5) is 11.7. The Morgan fingerprint density at radius 3 is 2.58 bits per heavy atom. The van der Waals surface area contributed by atoms with Gasteiger partial charge in [0.05, 0.1) is 13.0 Å². The third kappa shape index (κ3) is 5.03. The van der Waals surface area contributed by atoms with E-state index < -0.39 is 0 Å². The summed E-state index contributed by atoms with van der Waals surface area (Å²) in [6, 6.07) is 6.39. The van der Waals surface area contributed by atoms with Gasteiger partial charge in [0.1, 0.15) is 0 Å². The van der Waals surface area contributed by atoms with Crippen LogP contribution in [0.5, 0.6) is 0 Å². The molecule has 1 unspecified atom stereocenters. The zero-order valence-corrected chi connectivity index (χ0v) is 12.5. The molecule has 106 valence electrons. The molecule has 3 nitrogen and oxygen atoms in total. The molecule has 1 aromatic carbocycles. The number of hydrogen-bond acceptors (Lipinski definition) is 3. The molecule has 1 aromatic rings. The van der Waals surface area contributed by atoms with Crippen LogP contribution in [0.4, 0.5) is 0 Å². The van der Waals surface area contributed by atoms with Crippen LogP contribution in [-0.2, 0) is 9.53 Å². The first-order chi connectivity index (χ1) is 9.08. The molecule has 0 amide bonds. The molecule has 0 heterocycles. The topological polar surface area (TPSA) is 38.3 Å². The van der Waals surface area contributed by atoms with E-state index in [1.54, 1.807) is 0 Å². The Labute approximate surface area is 116 Å². The van der Waals surface area contributed by atoms with E-state index in [0.717, 1.165) is 18.5 Å². The van der Waals surface area contributed by atoms with Gasteiger partial charge in [-0.25, -0.2) is 0 Å². The van der Waals surface area contributed by atoms with Gasteiger partial charge in [0.2, 0.25) is 0 Å². The fourth-order valence-electron chi connectivity index (χ4n) is 1.99. The highest BCUT2D eigenvalue weighted by Gasteiger charge is 2.16. The molecule has 19 heavy (non-hydrogen) atoms. The zero-order valence-electron chi connectivity index (χ0n) is 12.5. The van der Waals surface area contributed by atoms with Crippen LogP contribution in [-0.4, -0.2) is 19.1 Å². The number of esters is 1. The molecule has 0 radical (unpaired) electrons. The fourth-order valence-corrected chi connectivity index (χ4v) is 1.99. The molecule has 3 heteroatoms. The molecular formula is C16H25NO2. The Morgan fingerprint density at radius 1 is 1.26 bits per heavy atom. The number of carbonyl (C=O) groups is 1. The van der Waals surface area contributed by atoms with Gasteiger partial charge in [-0.1, -0.05) is 25.1 Å². The molecule has 0 aliphatic rings. The summed E-state index contributed by atoms with van der Waals surface area (Å²) < 4.78 is 5.05. The molecular weight excluding hydrogens is 238 g/mol.